The summed E-state index contributed by atoms with van der Waals surface area (Å²) in [6, 6.07) is 0. The van der Waals surface area contributed by atoms with Gasteiger partial charge >= 0.3 is 12.1 Å². The summed E-state index contributed by atoms with van der Waals surface area (Å²) in [5, 5.41) is 0. The number of hydrogen-bond acceptors (Lipinski definition) is 4. The second kappa shape index (κ2) is 6.63. The maximum atomic E-state index is 12.1. The van der Waals surface area contributed by atoms with E-state index >= 15 is 0 Å². The topological polar surface area (TPSA) is 52.6 Å². The summed E-state index contributed by atoms with van der Waals surface area (Å²) >= 11 is 0. The summed E-state index contributed by atoms with van der Waals surface area (Å²) in [5.74, 6) is 1.32. The Labute approximate surface area is 126 Å². The Bertz CT molecular complexity index is 440. The first-order valence-electron chi connectivity index (χ1n) is 7.91. The van der Waals surface area contributed by atoms with Gasteiger partial charge < -0.3 is 9.47 Å². The molecule has 0 radical (unpaired) electrons. The lowest BCUT2D eigenvalue weighted by Gasteiger charge is -2.45. The van der Waals surface area contributed by atoms with Gasteiger partial charge in [-0.3, -0.25) is 4.79 Å². The second-order valence-corrected chi connectivity index (χ2v) is 6.68. The van der Waals surface area contributed by atoms with Crippen molar-refractivity contribution in [2.75, 3.05) is 7.11 Å². The zero-order chi connectivity index (χ0) is 15.6. The number of methoxy groups -OCH3 is 1. The minimum atomic E-state index is -0.914. The van der Waals surface area contributed by atoms with Crippen molar-refractivity contribution < 1.29 is 19.1 Å². The summed E-state index contributed by atoms with van der Waals surface area (Å²) in [7, 11) is 1.21. The molecule has 4 heteroatoms. The van der Waals surface area contributed by atoms with Gasteiger partial charge in [0.1, 0.15) is 0 Å². The Morgan fingerprint density at radius 1 is 1.29 bits per heavy atom. The largest absolute Gasteiger partial charge is 0.515 e. The molecule has 0 saturated heterocycles. The van der Waals surface area contributed by atoms with Crippen LogP contribution in [0.4, 0.5) is 4.79 Å². The average Bonchev–Trinajstić information content (AvgIpc) is 2.46. The molecule has 118 valence electrons. The number of ether oxygens (including phenoxy) is 2. The van der Waals surface area contributed by atoms with Crippen LogP contribution in [0, 0.1) is 29.6 Å². The van der Waals surface area contributed by atoms with Crippen molar-refractivity contribution >= 4 is 12.1 Å². The summed E-state index contributed by atoms with van der Waals surface area (Å²) in [5.41, 5.74) is 1.42. The quantitative estimate of drug-likeness (QED) is 0.439. The molecular weight excluding hydrogens is 268 g/mol. The molecule has 1 unspecified atom stereocenters. The van der Waals surface area contributed by atoms with Crippen molar-refractivity contribution in [2.24, 2.45) is 29.6 Å². The van der Waals surface area contributed by atoms with Crippen LogP contribution in [0.5, 0.6) is 0 Å². The smallest absolute Gasteiger partial charge is 0.437 e. The molecule has 2 aliphatic carbocycles. The van der Waals surface area contributed by atoms with Gasteiger partial charge in [-0.2, -0.15) is 0 Å². The van der Waals surface area contributed by atoms with Crippen molar-refractivity contribution in [3.8, 4) is 0 Å². The molecule has 2 rings (SSSR count). The molecule has 21 heavy (non-hydrogen) atoms. The second-order valence-electron chi connectivity index (χ2n) is 6.68. The van der Waals surface area contributed by atoms with E-state index < -0.39 is 12.1 Å². The van der Waals surface area contributed by atoms with Gasteiger partial charge in [0.2, 0.25) is 0 Å². The van der Waals surface area contributed by atoms with Crippen LogP contribution in [-0.4, -0.2) is 19.2 Å². The van der Waals surface area contributed by atoms with Crippen molar-refractivity contribution in [1.29, 1.82) is 0 Å². The van der Waals surface area contributed by atoms with Crippen molar-refractivity contribution in [1.82, 2.24) is 0 Å². The lowest BCUT2D eigenvalue weighted by molar-refractivity contribution is -0.147. The average molecular weight is 294 g/mol. The Kier molecular flexibility index (Phi) is 5.07. The highest BCUT2D eigenvalue weighted by molar-refractivity contribution is 5.83. The SMILES string of the molecule is COC(=O)OC(=O)C(C)[C@@H]1CC[C@@H](C)[C@@H]2CCC(C)=C[C@@H]21. The lowest BCUT2D eigenvalue weighted by atomic mass is 9.60. The zero-order valence-electron chi connectivity index (χ0n) is 13.4. The van der Waals surface area contributed by atoms with Gasteiger partial charge in [-0.05, 0) is 49.9 Å². The highest BCUT2D eigenvalue weighted by atomic mass is 16.7. The predicted molar refractivity (Wildman–Crippen MR) is 79.5 cm³/mol. The third-order valence-electron chi connectivity index (χ3n) is 5.39. The molecule has 0 aromatic heterocycles. The van der Waals surface area contributed by atoms with Crippen molar-refractivity contribution in [3.05, 3.63) is 11.6 Å². The zero-order valence-corrected chi connectivity index (χ0v) is 13.4. The molecule has 5 atom stereocenters. The molecule has 1 fully saturated rings. The van der Waals surface area contributed by atoms with E-state index in [1.165, 1.54) is 25.5 Å². The molecular formula is C17H26O4. The summed E-state index contributed by atoms with van der Waals surface area (Å²) in [6.07, 6.45) is 5.99. The van der Waals surface area contributed by atoms with Crippen LogP contribution in [0.3, 0.4) is 0 Å². The minimum Gasteiger partial charge on any atom is -0.437 e. The van der Waals surface area contributed by atoms with E-state index in [1.54, 1.807) is 0 Å². The van der Waals surface area contributed by atoms with Gasteiger partial charge in [0.15, 0.2) is 0 Å². The van der Waals surface area contributed by atoms with E-state index in [0.29, 0.717) is 17.8 Å². The predicted octanol–water partition coefficient (Wildman–Crippen LogP) is 3.95. The van der Waals surface area contributed by atoms with E-state index in [1.807, 2.05) is 6.92 Å². The molecule has 0 spiro atoms. The number of rotatable bonds is 2. The van der Waals surface area contributed by atoms with Crippen LogP contribution in [0.1, 0.15) is 46.5 Å². The summed E-state index contributed by atoms with van der Waals surface area (Å²) < 4.78 is 9.13. The summed E-state index contributed by atoms with van der Waals surface area (Å²) in [4.78, 5) is 23.2. The van der Waals surface area contributed by atoms with Gasteiger partial charge in [-0.1, -0.05) is 31.9 Å². The minimum absolute atomic E-state index is 0.263. The summed E-state index contributed by atoms with van der Waals surface area (Å²) in [6.45, 7) is 6.37. The van der Waals surface area contributed by atoms with Crippen LogP contribution in [0.25, 0.3) is 0 Å². The first kappa shape index (κ1) is 16.1. The fraction of sp³-hybridized carbons (Fsp3) is 0.765. The van der Waals surface area contributed by atoms with E-state index in [-0.39, 0.29) is 11.8 Å². The standard InChI is InChI=1S/C17H26O4/c1-10-5-7-13-11(2)6-8-14(15(13)9-10)12(3)16(18)21-17(19)20-4/h9,11-15H,5-8H2,1-4H3/t11-,12?,13+,14+,15+/m1/s1. The van der Waals surface area contributed by atoms with Gasteiger partial charge in [0, 0.05) is 0 Å². The Morgan fingerprint density at radius 3 is 2.67 bits per heavy atom. The highest BCUT2D eigenvalue weighted by Crippen LogP contribution is 2.48. The fourth-order valence-electron chi connectivity index (χ4n) is 4.06. The van der Waals surface area contributed by atoms with Crippen LogP contribution in [0.15, 0.2) is 11.6 Å². The Morgan fingerprint density at radius 2 is 2.00 bits per heavy atom. The van der Waals surface area contributed by atoms with E-state index in [2.05, 4.69) is 24.7 Å². The van der Waals surface area contributed by atoms with Crippen molar-refractivity contribution in [3.63, 3.8) is 0 Å². The molecule has 4 nitrogen and oxygen atoms in total. The monoisotopic (exact) mass is 294 g/mol. The number of fused-ring (bicyclic) bond motifs is 1. The third kappa shape index (κ3) is 3.47. The number of carbonyl (C=O) groups excluding carboxylic acids is 2. The third-order valence-corrected chi connectivity index (χ3v) is 5.39. The molecule has 0 bridgehead atoms. The van der Waals surface area contributed by atoms with Gasteiger partial charge in [-0.25, -0.2) is 4.79 Å². The molecule has 0 aromatic rings. The lowest BCUT2D eigenvalue weighted by Crippen LogP contribution is -2.40. The van der Waals surface area contributed by atoms with E-state index in [0.717, 1.165) is 12.8 Å². The van der Waals surface area contributed by atoms with E-state index in [9.17, 15) is 9.59 Å². The molecule has 0 amide bonds. The molecule has 0 N–H and O–H groups in total. The molecule has 0 aliphatic heterocycles. The first-order valence-corrected chi connectivity index (χ1v) is 7.91. The molecule has 2 aliphatic rings. The maximum Gasteiger partial charge on any atom is 0.515 e. The van der Waals surface area contributed by atoms with Gasteiger partial charge in [-0.15, -0.1) is 0 Å². The van der Waals surface area contributed by atoms with Crippen LogP contribution in [0.2, 0.25) is 0 Å². The van der Waals surface area contributed by atoms with Crippen molar-refractivity contribution in [2.45, 2.75) is 46.5 Å². The molecule has 0 aromatic carbocycles. The van der Waals surface area contributed by atoms with Gasteiger partial charge in [0.25, 0.3) is 0 Å². The fourth-order valence-corrected chi connectivity index (χ4v) is 4.06. The number of carbonyl (C=O) groups is 2. The number of esters is 1. The highest BCUT2D eigenvalue weighted by Gasteiger charge is 2.42. The van der Waals surface area contributed by atoms with Gasteiger partial charge in [0.05, 0.1) is 13.0 Å². The first-order chi connectivity index (χ1) is 9.93. The van der Waals surface area contributed by atoms with Crippen LogP contribution in [-0.2, 0) is 14.3 Å². The van der Waals surface area contributed by atoms with E-state index in [4.69, 9.17) is 4.74 Å². The maximum absolute atomic E-state index is 12.1. The number of hydrogen-bond donors (Lipinski definition) is 0. The Hall–Kier alpha value is -1.32. The molecule has 1 saturated carbocycles. The normalized spacial score (nSPS) is 33.4. The number of allylic oxidation sites excluding steroid dienone is 2. The molecule has 0 heterocycles. The van der Waals surface area contributed by atoms with Crippen LogP contribution >= 0.6 is 0 Å². The Balaban J connectivity index is 2.12. The van der Waals surface area contributed by atoms with Crippen LogP contribution < -0.4 is 0 Å².